The highest BCUT2D eigenvalue weighted by Crippen LogP contribution is 2.38. The minimum atomic E-state index is -0.308. The first-order chi connectivity index (χ1) is 21.8. The Bertz CT molecular complexity index is 1610. The zero-order valence-electron chi connectivity index (χ0n) is 30.1. The summed E-state index contributed by atoms with van der Waals surface area (Å²) in [6.07, 6.45) is 0.901. The maximum Gasteiger partial charge on any atom is 0.309 e. The highest BCUT2D eigenvalue weighted by molar-refractivity contribution is 5.77. The molecule has 246 valence electrons. The second kappa shape index (κ2) is 15.4. The molecule has 0 aliphatic rings. The summed E-state index contributed by atoms with van der Waals surface area (Å²) in [5, 5.41) is 11.2. The van der Waals surface area contributed by atoms with Gasteiger partial charge in [0, 0.05) is 17.2 Å². The van der Waals surface area contributed by atoms with E-state index in [1.54, 1.807) is 12.1 Å². The summed E-state index contributed by atoms with van der Waals surface area (Å²) in [6.45, 7) is 27.8. The Kier molecular flexibility index (Phi) is 12.1. The van der Waals surface area contributed by atoms with Crippen LogP contribution in [0.1, 0.15) is 89.2 Å². The Morgan fingerprint density at radius 1 is 0.630 bits per heavy atom. The van der Waals surface area contributed by atoms with Crippen LogP contribution in [-0.2, 0) is 9.53 Å². The monoisotopic (exact) mass is 625 g/mol. The van der Waals surface area contributed by atoms with E-state index >= 15 is 0 Å². The van der Waals surface area contributed by atoms with E-state index in [1.807, 2.05) is 20.8 Å². The van der Waals surface area contributed by atoms with Crippen molar-refractivity contribution in [2.24, 2.45) is 0 Å². The van der Waals surface area contributed by atoms with Gasteiger partial charge in [-0.2, -0.15) is 0 Å². The number of hydrogen-bond donors (Lipinski definition) is 1. The molecule has 0 fully saturated rings. The molecule has 0 saturated carbocycles. The lowest BCUT2D eigenvalue weighted by Crippen LogP contribution is -2.10. The van der Waals surface area contributed by atoms with E-state index in [0.717, 1.165) is 39.8 Å². The van der Waals surface area contributed by atoms with E-state index in [0.29, 0.717) is 35.4 Å². The number of phenolic OH excluding ortho intramolecular Hbond substituents is 1. The fraction of sp³-hybridized carbons (Fsp3) is 0.436. The zero-order valence-corrected chi connectivity index (χ0v) is 30.1. The topological polar surface area (TPSA) is 94.4 Å². The fourth-order valence-electron chi connectivity index (χ4n) is 5.72. The van der Waals surface area contributed by atoms with Gasteiger partial charge < -0.3 is 14.6 Å². The van der Waals surface area contributed by atoms with Gasteiger partial charge in [-0.3, -0.25) is 4.79 Å². The molecule has 7 heteroatoms. The third-order valence-corrected chi connectivity index (χ3v) is 9.33. The van der Waals surface area contributed by atoms with Crippen molar-refractivity contribution >= 4 is 5.97 Å². The highest BCUT2D eigenvalue weighted by Gasteiger charge is 2.23. The van der Waals surface area contributed by atoms with Gasteiger partial charge in [0.05, 0.1) is 25.2 Å². The van der Waals surface area contributed by atoms with Gasteiger partial charge in [-0.25, -0.2) is 15.0 Å². The number of carbonyl (C=O) groups is 1. The van der Waals surface area contributed by atoms with Gasteiger partial charge in [0.2, 0.25) is 0 Å². The maximum absolute atomic E-state index is 11.8. The van der Waals surface area contributed by atoms with Gasteiger partial charge in [-0.05, 0) is 143 Å². The van der Waals surface area contributed by atoms with E-state index in [1.165, 1.54) is 39.4 Å². The predicted octanol–water partition coefficient (Wildman–Crippen LogP) is 9.41. The van der Waals surface area contributed by atoms with E-state index in [9.17, 15) is 9.90 Å². The Morgan fingerprint density at radius 2 is 1.04 bits per heavy atom. The smallest absolute Gasteiger partial charge is 0.309 e. The lowest BCUT2D eigenvalue weighted by Gasteiger charge is -2.21. The van der Waals surface area contributed by atoms with Crippen LogP contribution >= 0.6 is 0 Å². The number of benzene rings is 3. The van der Waals surface area contributed by atoms with Crippen LogP contribution in [0.4, 0.5) is 0 Å². The molecule has 4 rings (SSSR count). The molecule has 0 saturated heterocycles. The molecule has 0 spiro atoms. The molecule has 0 aliphatic carbocycles. The average molecular weight is 626 g/mol. The molecular weight excluding hydrogens is 574 g/mol. The van der Waals surface area contributed by atoms with Crippen molar-refractivity contribution in [3.8, 4) is 45.7 Å². The summed E-state index contributed by atoms with van der Waals surface area (Å²) in [7, 11) is 0. The van der Waals surface area contributed by atoms with Gasteiger partial charge in [0.1, 0.15) is 11.5 Å². The lowest BCUT2D eigenvalue weighted by atomic mass is 9.88. The molecule has 0 unspecified atom stereocenters. The van der Waals surface area contributed by atoms with Crippen LogP contribution in [0.3, 0.4) is 0 Å². The van der Waals surface area contributed by atoms with Gasteiger partial charge in [-0.1, -0.05) is 20.8 Å². The quantitative estimate of drug-likeness (QED) is 0.185. The predicted molar refractivity (Wildman–Crippen MR) is 188 cm³/mol. The number of rotatable bonds is 9. The van der Waals surface area contributed by atoms with Gasteiger partial charge in [0.25, 0.3) is 0 Å². The standard InChI is InChI=1S/C37H45N3O4.C2H6/c1-12-16-44-32(42)15-17-43-29-13-14-30(31(41)18-29)35-38-36(33-25(8)21(4)19(2)22(5)26(33)9)40-37(39-35)34-27(10)23(6)20(3)24(7)28(34)11;1-2/h13-14,18,41H,12,15-17H2,1-11H3;1-2H3. The molecule has 0 bridgehead atoms. The molecule has 1 heterocycles. The van der Waals surface area contributed by atoms with Crippen LogP contribution in [-0.4, -0.2) is 39.2 Å². The van der Waals surface area contributed by atoms with Crippen molar-refractivity contribution in [1.29, 1.82) is 0 Å². The molecule has 1 aromatic heterocycles. The third kappa shape index (κ3) is 7.24. The molecule has 4 aromatic rings. The summed E-state index contributed by atoms with van der Waals surface area (Å²) < 4.78 is 10.8. The molecule has 1 N–H and O–H groups in total. The minimum Gasteiger partial charge on any atom is -0.507 e. The fourth-order valence-corrected chi connectivity index (χ4v) is 5.72. The summed E-state index contributed by atoms with van der Waals surface area (Å²) in [5.74, 6) is 1.64. The Labute approximate surface area is 275 Å². The van der Waals surface area contributed by atoms with E-state index in [4.69, 9.17) is 24.4 Å². The molecule has 0 radical (unpaired) electrons. The number of esters is 1. The number of aromatic nitrogens is 3. The Hall–Kier alpha value is -4.26. The number of ether oxygens (including phenoxy) is 2. The molecule has 0 amide bonds. The normalized spacial score (nSPS) is 10.8. The minimum absolute atomic E-state index is 0.0198. The summed E-state index contributed by atoms with van der Waals surface area (Å²) in [5.41, 5.74) is 14.3. The largest absolute Gasteiger partial charge is 0.507 e. The Morgan fingerprint density at radius 3 is 1.46 bits per heavy atom. The van der Waals surface area contributed by atoms with Gasteiger partial charge in [0.15, 0.2) is 17.5 Å². The summed E-state index contributed by atoms with van der Waals surface area (Å²) >= 11 is 0. The number of hydrogen-bond acceptors (Lipinski definition) is 7. The van der Waals surface area contributed by atoms with Crippen LogP contribution in [0.5, 0.6) is 11.5 Å². The van der Waals surface area contributed by atoms with E-state index in [2.05, 4.69) is 69.2 Å². The van der Waals surface area contributed by atoms with Crippen LogP contribution in [0, 0.1) is 69.2 Å². The van der Waals surface area contributed by atoms with Gasteiger partial charge in [-0.15, -0.1) is 0 Å². The SMILES string of the molecule is CC.CCCOC(=O)CCOc1ccc(-c2nc(-c3c(C)c(C)c(C)c(C)c3C)nc(-c3c(C)c(C)c(C)c(C)c3C)n2)c(O)c1. The van der Waals surface area contributed by atoms with E-state index in [-0.39, 0.29) is 24.7 Å². The second-order valence-electron chi connectivity index (χ2n) is 11.8. The van der Waals surface area contributed by atoms with Crippen molar-refractivity contribution in [3.63, 3.8) is 0 Å². The lowest BCUT2D eigenvalue weighted by molar-refractivity contribution is -0.144. The number of nitrogens with zero attached hydrogens (tertiary/aromatic N) is 3. The highest BCUT2D eigenvalue weighted by atomic mass is 16.5. The second-order valence-corrected chi connectivity index (χ2v) is 11.8. The number of carbonyl (C=O) groups excluding carboxylic acids is 1. The number of aromatic hydroxyl groups is 1. The molecular formula is C39H51N3O4. The van der Waals surface area contributed by atoms with Gasteiger partial charge >= 0.3 is 5.97 Å². The van der Waals surface area contributed by atoms with Crippen molar-refractivity contribution in [1.82, 2.24) is 15.0 Å². The molecule has 3 aromatic carbocycles. The third-order valence-electron chi connectivity index (χ3n) is 9.33. The van der Waals surface area contributed by atoms with Crippen LogP contribution in [0.15, 0.2) is 18.2 Å². The summed E-state index contributed by atoms with van der Waals surface area (Å²) in [4.78, 5) is 26.9. The van der Waals surface area contributed by atoms with Crippen molar-refractivity contribution in [3.05, 3.63) is 73.8 Å². The zero-order chi connectivity index (χ0) is 34.5. The van der Waals surface area contributed by atoms with Crippen LogP contribution in [0.25, 0.3) is 34.2 Å². The van der Waals surface area contributed by atoms with Crippen LogP contribution < -0.4 is 4.74 Å². The summed E-state index contributed by atoms with van der Waals surface area (Å²) in [6, 6.07) is 5.03. The van der Waals surface area contributed by atoms with Crippen molar-refractivity contribution < 1.29 is 19.4 Å². The first kappa shape index (κ1) is 36.2. The number of phenols is 1. The molecule has 0 aliphatic heterocycles. The molecule has 7 nitrogen and oxygen atoms in total. The van der Waals surface area contributed by atoms with E-state index < -0.39 is 0 Å². The van der Waals surface area contributed by atoms with Crippen molar-refractivity contribution in [2.75, 3.05) is 13.2 Å². The molecule has 46 heavy (non-hydrogen) atoms. The Balaban J connectivity index is 0.00000282. The first-order valence-corrected chi connectivity index (χ1v) is 16.3. The van der Waals surface area contributed by atoms with Crippen molar-refractivity contribution in [2.45, 2.75) is 103 Å². The average Bonchev–Trinajstić information content (AvgIpc) is 3.04. The maximum atomic E-state index is 11.8. The van der Waals surface area contributed by atoms with Crippen LogP contribution in [0.2, 0.25) is 0 Å². The first-order valence-electron chi connectivity index (χ1n) is 16.3. The molecule has 0 atom stereocenters.